The summed E-state index contributed by atoms with van der Waals surface area (Å²) in [7, 11) is 0. The highest BCUT2D eigenvalue weighted by Crippen LogP contribution is 2.32. The molecule has 0 saturated carbocycles. The van der Waals surface area contributed by atoms with E-state index in [9.17, 15) is 9.18 Å². The number of carbonyl (C=O) groups is 1. The molecule has 0 radical (unpaired) electrons. The Labute approximate surface area is 131 Å². The monoisotopic (exact) mass is 308 g/mol. The zero-order valence-corrected chi connectivity index (χ0v) is 13.8. The molecule has 1 saturated heterocycles. The molecule has 0 unspecified atom stereocenters. The number of likely N-dealkylation sites (tertiary alicyclic amines) is 1. The maximum absolute atomic E-state index is 14.4. The first-order valence-corrected chi connectivity index (χ1v) is 7.71. The quantitative estimate of drug-likeness (QED) is 0.802. The molecule has 5 heteroatoms. The number of hydrogen-bond donors (Lipinski definition) is 1. The first-order valence-electron chi connectivity index (χ1n) is 7.71. The third-order valence-electron chi connectivity index (χ3n) is 3.97. The van der Waals surface area contributed by atoms with Crippen molar-refractivity contribution in [3.05, 3.63) is 29.1 Å². The molecule has 22 heavy (non-hydrogen) atoms. The van der Waals surface area contributed by atoms with Crippen LogP contribution < -0.4 is 5.73 Å². The van der Waals surface area contributed by atoms with E-state index in [-0.39, 0.29) is 17.8 Å². The predicted octanol–water partition coefficient (Wildman–Crippen LogP) is 3.83. The van der Waals surface area contributed by atoms with Gasteiger partial charge in [0.2, 0.25) is 0 Å². The maximum Gasteiger partial charge on any atom is 0.410 e. The summed E-state index contributed by atoms with van der Waals surface area (Å²) in [6.45, 7) is 8.35. The molecule has 1 fully saturated rings. The number of ether oxygens (including phenoxy) is 1. The average Bonchev–Trinajstić information content (AvgIpc) is 2.43. The van der Waals surface area contributed by atoms with Crippen molar-refractivity contribution in [1.29, 1.82) is 0 Å². The molecular formula is C17H25FN2O2. The van der Waals surface area contributed by atoms with Gasteiger partial charge in [-0.3, -0.25) is 0 Å². The minimum absolute atomic E-state index is 0.0134. The Balaban J connectivity index is 2.14. The van der Waals surface area contributed by atoms with Gasteiger partial charge in [0.05, 0.1) is 0 Å². The number of halogens is 1. The number of piperidine rings is 1. The molecule has 0 aromatic heterocycles. The van der Waals surface area contributed by atoms with Crippen molar-refractivity contribution < 1.29 is 13.9 Å². The minimum atomic E-state index is -0.521. The molecule has 1 aliphatic heterocycles. The molecule has 1 amide bonds. The molecule has 1 aromatic rings. The van der Waals surface area contributed by atoms with E-state index in [1.165, 1.54) is 0 Å². The zero-order valence-electron chi connectivity index (χ0n) is 13.8. The summed E-state index contributed by atoms with van der Waals surface area (Å²) in [5.41, 5.74) is 6.80. The minimum Gasteiger partial charge on any atom is -0.444 e. The fraction of sp³-hybridized carbons (Fsp3) is 0.588. The molecular weight excluding hydrogens is 283 g/mol. The van der Waals surface area contributed by atoms with Crippen molar-refractivity contribution in [3.63, 3.8) is 0 Å². The van der Waals surface area contributed by atoms with Gasteiger partial charge < -0.3 is 15.4 Å². The first-order chi connectivity index (χ1) is 10.2. The van der Waals surface area contributed by atoms with Crippen LogP contribution in [0.3, 0.4) is 0 Å². The maximum atomic E-state index is 14.4. The number of amides is 1. The first kappa shape index (κ1) is 16.6. The summed E-state index contributed by atoms with van der Waals surface area (Å²) in [5.74, 6) is -0.267. The van der Waals surface area contributed by atoms with Crippen molar-refractivity contribution in [2.45, 2.75) is 52.1 Å². The van der Waals surface area contributed by atoms with E-state index in [2.05, 4.69) is 0 Å². The molecule has 0 bridgehead atoms. The van der Waals surface area contributed by atoms with Crippen LogP contribution in [0.2, 0.25) is 0 Å². The van der Waals surface area contributed by atoms with Crippen LogP contribution in [-0.4, -0.2) is 29.7 Å². The van der Waals surface area contributed by atoms with Gasteiger partial charge in [0, 0.05) is 30.3 Å². The SMILES string of the molecule is Cc1c(N)ccc([C@@H]2CCCN(C(=O)OC(C)(C)C)C2)c1F. The van der Waals surface area contributed by atoms with E-state index in [1.54, 1.807) is 24.0 Å². The van der Waals surface area contributed by atoms with E-state index >= 15 is 0 Å². The van der Waals surface area contributed by atoms with Crippen LogP contribution in [0.5, 0.6) is 0 Å². The Bertz CT molecular complexity index is 567. The molecule has 2 rings (SSSR count). The summed E-state index contributed by atoms with van der Waals surface area (Å²) in [5, 5.41) is 0. The Hall–Kier alpha value is -1.78. The second-order valence-corrected chi connectivity index (χ2v) is 6.95. The fourth-order valence-corrected chi connectivity index (χ4v) is 2.76. The van der Waals surface area contributed by atoms with Crippen molar-refractivity contribution >= 4 is 11.8 Å². The van der Waals surface area contributed by atoms with Crippen molar-refractivity contribution in [1.82, 2.24) is 4.90 Å². The number of carbonyl (C=O) groups excluding carboxylic acids is 1. The van der Waals surface area contributed by atoms with Crippen LogP contribution in [0.25, 0.3) is 0 Å². The second-order valence-electron chi connectivity index (χ2n) is 6.95. The van der Waals surface area contributed by atoms with Gasteiger partial charge in [-0.25, -0.2) is 9.18 Å². The summed E-state index contributed by atoms with van der Waals surface area (Å²) >= 11 is 0. The molecule has 122 valence electrons. The molecule has 2 N–H and O–H groups in total. The lowest BCUT2D eigenvalue weighted by Gasteiger charge is -2.34. The standard InChI is InChI=1S/C17H25FN2O2/c1-11-14(19)8-7-13(15(11)18)12-6-5-9-20(10-12)16(21)22-17(2,3)4/h7-8,12H,5-6,9-10,19H2,1-4H3/t12-/m1/s1. The second kappa shape index (κ2) is 6.15. The van der Waals surface area contributed by atoms with Crippen LogP contribution in [0.15, 0.2) is 12.1 Å². The fourth-order valence-electron chi connectivity index (χ4n) is 2.76. The van der Waals surface area contributed by atoms with Crippen molar-refractivity contribution in [2.75, 3.05) is 18.8 Å². The normalized spacial score (nSPS) is 19.1. The Morgan fingerprint density at radius 1 is 1.41 bits per heavy atom. The number of nitrogen functional groups attached to an aromatic ring is 1. The lowest BCUT2D eigenvalue weighted by molar-refractivity contribution is 0.0197. The number of hydrogen-bond acceptors (Lipinski definition) is 3. The van der Waals surface area contributed by atoms with Crippen LogP contribution in [-0.2, 0) is 4.74 Å². The smallest absolute Gasteiger partial charge is 0.410 e. The summed E-state index contributed by atoms with van der Waals surface area (Å²) < 4.78 is 19.8. The lowest BCUT2D eigenvalue weighted by atomic mass is 9.89. The Kier molecular flexibility index (Phi) is 4.63. The largest absolute Gasteiger partial charge is 0.444 e. The number of benzene rings is 1. The highest BCUT2D eigenvalue weighted by Gasteiger charge is 2.29. The van der Waals surface area contributed by atoms with Crippen LogP contribution in [0.4, 0.5) is 14.9 Å². The van der Waals surface area contributed by atoms with Gasteiger partial charge in [0.25, 0.3) is 0 Å². The molecule has 1 heterocycles. The lowest BCUT2D eigenvalue weighted by Crippen LogP contribution is -2.42. The van der Waals surface area contributed by atoms with E-state index < -0.39 is 5.60 Å². The van der Waals surface area contributed by atoms with Crippen LogP contribution in [0.1, 0.15) is 50.7 Å². The van der Waals surface area contributed by atoms with Gasteiger partial charge in [0.1, 0.15) is 11.4 Å². The number of anilines is 1. The molecule has 4 nitrogen and oxygen atoms in total. The average molecular weight is 308 g/mol. The van der Waals surface area contributed by atoms with Crippen molar-refractivity contribution in [3.8, 4) is 0 Å². The molecule has 1 aromatic carbocycles. The van der Waals surface area contributed by atoms with E-state index in [1.807, 2.05) is 20.8 Å². The Morgan fingerprint density at radius 2 is 2.09 bits per heavy atom. The highest BCUT2D eigenvalue weighted by molar-refractivity contribution is 5.68. The summed E-state index contributed by atoms with van der Waals surface area (Å²) in [6, 6.07) is 3.47. The highest BCUT2D eigenvalue weighted by atomic mass is 19.1. The van der Waals surface area contributed by atoms with Crippen molar-refractivity contribution in [2.24, 2.45) is 0 Å². The molecule has 0 aliphatic carbocycles. The summed E-state index contributed by atoms with van der Waals surface area (Å²) in [4.78, 5) is 13.9. The molecule has 1 aliphatic rings. The Morgan fingerprint density at radius 3 is 2.73 bits per heavy atom. The van der Waals surface area contributed by atoms with Gasteiger partial charge in [-0.1, -0.05) is 6.07 Å². The topological polar surface area (TPSA) is 55.6 Å². The van der Waals surface area contributed by atoms with Crippen LogP contribution in [0, 0.1) is 12.7 Å². The van der Waals surface area contributed by atoms with Gasteiger partial charge in [-0.2, -0.15) is 0 Å². The van der Waals surface area contributed by atoms with Gasteiger partial charge in [0.15, 0.2) is 0 Å². The van der Waals surface area contributed by atoms with Gasteiger partial charge >= 0.3 is 6.09 Å². The van der Waals surface area contributed by atoms with Gasteiger partial charge in [-0.05, 0) is 52.2 Å². The predicted molar refractivity (Wildman–Crippen MR) is 85.3 cm³/mol. The number of nitrogens with zero attached hydrogens (tertiary/aromatic N) is 1. The number of nitrogens with two attached hydrogens (primary N) is 1. The van der Waals surface area contributed by atoms with Crippen LogP contribution >= 0.6 is 0 Å². The summed E-state index contributed by atoms with van der Waals surface area (Å²) in [6.07, 6.45) is 1.37. The van der Waals surface area contributed by atoms with E-state index in [0.29, 0.717) is 29.9 Å². The van der Waals surface area contributed by atoms with E-state index in [0.717, 1.165) is 12.8 Å². The number of rotatable bonds is 1. The molecule has 1 atom stereocenters. The third-order valence-corrected chi connectivity index (χ3v) is 3.97. The van der Waals surface area contributed by atoms with E-state index in [4.69, 9.17) is 10.5 Å². The zero-order chi connectivity index (χ0) is 16.5. The molecule has 0 spiro atoms. The third kappa shape index (κ3) is 3.70. The van der Waals surface area contributed by atoms with Gasteiger partial charge in [-0.15, -0.1) is 0 Å².